The molecule has 1 aromatic heterocycles. The lowest BCUT2D eigenvalue weighted by atomic mass is 10.1. The fourth-order valence-electron chi connectivity index (χ4n) is 3.43. The zero-order valence-electron chi connectivity index (χ0n) is 16.9. The fourth-order valence-corrected chi connectivity index (χ4v) is 3.43. The van der Waals surface area contributed by atoms with Crippen LogP contribution in [-0.4, -0.2) is 40.8 Å². The van der Waals surface area contributed by atoms with E-state index in [2.05, 4.69) is 28.9 Å². The van der Waals surface area contributed by atoms with Gasteiger partial charge in [-0.25, -0.2) is 0 Å². The van der Waals surface area contributed by atoms with Crippen molar-refractivity contribution >= 4 is 0 Å². The van der Waals surface area contributed by atoms with Crippen LogP contribution in [0.5, 0.6) is 0 Å². The van der Waals surface area contributed by atoms with Gasteiger partial charge in [-0.2, -0.15) is 18.2 Å². The second kappa shape index (κ2) is 9.71. The van der Waals surface area contributed by atoms with Crippen LogP contribution >= 0.6 is 0 Å². The van der Waals surface area contributed by atoms with Crippen LogP contribution in [0.4, 0.5) is 13.2 Å². The van der Waals surface area contributed by atoms with Crippen LogP contribution in [0.25, 0.3) is 0 Å². The number of piperidine rings is 1. The third kappa shape index (κ3) is 6.82. The molecule has 29 heavy (non-hydrogen) atoms. The molecule has 0 atom stereocenters. The quantitative estimate of drug-likeness (QED) is 0.640. The third-order valence-electron chi connectivity index (χ3n) is 4.99. The Bertz CT molecular complexity index is 751. The third-order valence-corrected chi connectivity index (χ3v) is 4.99. The number of hydrogen-bond acceptors (Lipinski definition) is 5. The predicted octanol–water partition coefficient (Wildman–Crippen LogP) is 4.51. The van der Waals surface area contributed by atoms with E-state index in [1.807, 2.05) is 0 Å². The standard InChI is InChI=1S/C21H28F3N3O2/c1-15(2)13-20-25-19(26-29-20)9-12-28-18-7-10-27(11-8-18)14-16-3-5-17(6-4-16)21(22,23)24/h3-6,15,18H,7-14H2,1-2H3. The summed E-state index contributed by atoms with van der Waals surface area (Å²) in [6, 6.07) is 5.42. The number of ether oxygens (including phenoxy) is 1. The van der Waals surface area contributed by atoms with Crippen LogP contribution in [0.3, 0.4) is 0 Å². The number of rotatable bonds is 8. The zero-order chi connectivity index (χ0) is 20.9. The average Bonchev–Trinajstić information content (AvgIpc) is 3.09. The Morgan fingerprint density at radius 1 is 1.17 bits per heavy atom. The van der Waals surface area contributed by atoms with Crippen molar-refractivity contribution < 1.29 is 22.4 Å². The molecular weight excluding hydrogens is 383 g/mol. The first-order chi connectivity index (χ1) is 13.8. The van der Waals surface area contributed by atoms with Gasteiger partial charge < -0.3 is 9.26 Å². The van der Waals surface area contributed by atoms with Gasteiger partial charge in [0.1, 0.15) is 0 Å². The average molecular weight is 411 g/mol. The molecule has 1 aromatic carbocycles. The molecule has 0 amide bonds. The summed E-state index contributed by atoms with van der Waals surface area (Å²) in [6.07, 6.45) is -0.859. The zero-order valence-corrected chi connectivity index (χ0v) is 16.9. The molecule has 2 aromatic rings. The molecule has 0 N–H and O–H groups in total. The second-order valence-corrected chi connectivity index (χ2v) is 7.99. The first-order valence-corrected chi connectivity index (χ1v) is 10.1. The van der Waals surface area contributed by atoms with Gasteiger partial charge in [-0.1, -0.05) is 31.1 Å². The minimum absolute atomic E-state index is 0.195. The van der Waals surface area contributed by atoms with Gasteiger partial charge in [0.2, 0.25) is 5.89 Å². The topological polar surface area (TPSA) is 51.4 Å². The SMILES string of the molecule is CC(C)Cc1nc(CCOC2CCN(Cc3ccc(C(F)(F)F)cc3)CC2)no1. The van der Waals surface area contributed by atoms with E-state index in [9.17, 15) is 13.2 Å². The van der Waals surface area contributed by atoms with E-state index in [0.717, 1.165) is 50.0 Å². The molecule has 5 nitrogen and oxygen atoms in total. The van der Waals surface area contributed by atoms with E-state index in [1.54, 1.807) is 12.1 Å². The van der Waals surface area contributed by atoms with Crippen molar-refractivity contribution in [2.75, 3.05) is 19.7 Å². The molecule has 0 unspecified atom stereocenters. The van der Waals surface area contributed by atoms with Crippen molar-refractivity contribution in [2.45, 2.75) is 58.4 Å². The highest BCUT2D eigenvalue weighted by molar-refractivity contribution is 5.24. The van der Waals surface area contributed by atoms with Crippen molar-refractivity contribution in [3.8, 4) is 0 Å². The molecular formula is C21H28F3N3O2. The van der Waals surface area contributed by atoms with E-state index < -0.39 is 11.7 Å². The molecule has 0 radical (unpaired) electrons. The van der Waals surface area contributed by atoms with Crippen LogP contribution in [0.1, 0.15) is 49.5 Å². The Labute approximate surface area is 169 Å². The number of benzene rings is 1. The van der Waals surface area contributed by atoms with Crippen molar-refractivity contribution in [1.82, 2.24) is 15.0 Å². The van der Waals surface area contributed by atoms with Gasteiger partial charge in [-0.15, -0.1) is 0 Å². The second-order valence-electron chi connectivity index (χ2n) is 7.99. The molecule has 0 saturated carbocycles. The Morgan fingerprint density at radius 3 is 2.48 bits per heavy atom. The summed E-state index contributed by atoms with van der Waals surface area (Å²) < 4.78 is 49.1. The number of alkyl halides is 3. The molecule has 0 aliphatic carbocycles. The highest BCUT2D eigenvalue weighted by atomic mass is 19.4. The Morgan fingerprint density at radius 2 is 1.86 bits per heavy atom. The van der Waals surface area contributed by atoms with Gasteiger partial charge in [0.05, 0.1) is 18.3 Å². The van der Waals surface area contributed by atoms with Gasteiger partial charge in [-0.3, -0.25) is 4.90 Å². The van der Waals surface area contributed by atoms with E-state index in [4.69, 9.17) is 9.26 Å². The van der Waals surface area contributed by atoms with Crippen LogP contribution in [0.2, 0.25) is 0 Å². The highest BCUT2D eigenvalue weighted by Gasteiger charge is 2.30. The predicted molar refractivity (Wildman–Crippen MR) is 102 cm³/mol. The van der Waals surface area contributed by atoms with E-state index >= 15 is 0 Å². The molecule has 0 spiro atoms. The first-order valence-electron chi connectivity index (χ1n) is 10.1. The lowest BCUT2D eigenvalue weighted by Gasteiger charge is -2.31. The molecule has 1 aliphatic rings. The van der Waals surface area contributed by atoms with Gasteiger partial charge >= 0.3 is 6.18 Å². The van der Waals surface area contributed by atoms with E-state index in [0.29, 0.717) is 37.2 Å². The summed E-state index contributed by atoms with van der Waals surface area (Å²) in [7, 11) is 0. The number of hydrogen-bond donors (Lipinski definition) is 0. The highest BCUT2D eigenvalue weighted by Crippen LogP contribution is 2.29. The Kier molecular flexibility index (Phi) is 7.29. The lowest BCUT2D eigenvalue weighted by molar-refractivity contribution is -0.137. The summed E-state index contributed by atoms with van der Waals surface area (Å²) in [5.74, 6) is 1.83. The number of likely N-dealkylation sites (tertiary alicyclic amines) is 1. The van der Waals surface area contributed by atoms with Gasteiger partial charge in [-0.05, 0) is 36.5 Å². The Hall–Kier alpha value is -1.93. The normalized spacial score (nSPS) is 16.6. The van der Waals surface area contributed by atoms with Crippen molar-refractivity contribution in [3.05, 3.63) is 47.1 Å². The van der Waals surface area contributed by atoms with Gasteiger partial charge in [0, 0.05) is 32.5 Å². The molecule has 1 aliphatic heterocycles. The molecule has 2 heterocycles. The molecule has 3 rings (SSSR count). The lowest BCUT2D eigenvalue weighted by Crippen LogP contribution is -2.36. The largest absolute Gasteiger partial charge is 0.416 e. The maximum atomic E-state index is 12.6. The summed E-state index contributed by atoms with van der Waals surface area (Å²) >= 11 is 0. The number of aromatic nitrogens is 2. The first kappa shape index (κ1) is 21.8. The summed E-state index contributed by atoms with van der Waals surface area (Å²) in [6.45, 7) is 7.17. The van der Waals surface area contributed by atoms with Gasteiger partial charge in [0.25, 0.3) is 0 Å². The minimum atomic E-state index is -4.29. The summed E-state index contributed by atoms with van der Waals surface area (Å²) in [4.78, 5) is 6.63. The van der Waals surface area contributed by atoms with Crippen LogP contribution in [0, 0.1) is 5.92 Å². The van der Waals surface area contributed by atoms with Crippen LogP contribution in [-0.2, 0) is 30.3 Å². The van der Waals surface area contributed by atoms with Gasteiger partial charge in [0.15, 0.2) is 5.82 Å². The molecule has 160 valence electrons. The Balaban J connectivity index is 1.35. The van der Waals surface area contributed by atoms with Crippen LogP contribution < -0.4 is 0 Å². The molecule has 1 saturated heterocycles. The van der Waals surface area contributed by atoms with Crippen LogP contribution in [0.15, 0.2) is 28.8 Å². The molecule has 1 fully saturated rings. The summed E-state index contributed by atoms with van der Waals surface area (Å²) in [5, 5.41) is 3.99. The maximum Gasteiger partial charge on any atom is 0.416 e. The maximum absolute atomic E-state index is 12.6. The number of nitrogens with zero attached hydrogens (tertiary/aromatic N) is 3. The summed E-state index contributed by atoms with van der Waals surface area (Å²) in [5.41, 5.74) is 0.290. The van der Waals surface area contributed by atoms with Crippen molar-refractivity contribution in [3.63, 3.8) is 0 Å². The van der Waals surface area contributed by atoms with E-state index in [-0.39, 0.29) is 6.10 Å². The monoisotopic (exact) mass is 411 g/mol. The fraction of sp³-hybridized carbons (Fsp3) is 0.619. The molecule has 0 bridgehead atoms. The number of halogens is 3. The smallest absolute Gasteiger partial charge is 0.378 e. The minimum Gasteiger partial charge on any atom is -0.378 e. The van der Waals surface area contributed by atoms with Crippen molar-refractivity contribution in [1.29, 1.82) is 0 Å². The van der Waals surface area contributed by atoms with Crippen molar-refractivity contribution in [2.24, 2.45) is 5.92 Å². The van der Waals surface area contributed by atoms with E-state index in [1.165, 1.54) is 0 Å². The molecule has 8 heteroatoms.